The summed E-state index contributed by atoms with van der Waals surface area (Å²) in [5, 5.41) is 21.6. The molecule has 0 aliphatic rings. The normalized spacial score (nSPS) is 11.4. The molecule has 0 radical (unpaired) electrons. The lowest BCUT2D eigenvalue weighted by molar-refractivity contribution is 0.1000. The van der Waals surface area contributed by atoms with Gasteiger partial charge < -0.3 is 26.6 Å². The Morgan fingerprint density at radius 1 is 1.10 bits per heavy atom. The van der Waals surface area contributed by atoms with E-state index in [1.165, 1.54) is 12.1 Å². The van der Waals surface area contributed by atoms with Crippen LogP contribution in [0.15, 0.2) is 24.3 Å². The molecule has 6 N–H and O–H groups in total. The molecule has 108 valence electrons. The number of hydrogen-bond acceptors (Lipinski definition) is 3. The number of nitrogens with one attached hydrogen (secondary N) is 2. The minimum atomic E-state index is -1.24. The smallest absolute Gasteiger partial charge is 0.404 e. The van der Waals surface area contributed by atoms with Gasteiger partial charge in [-0.25, -0.2) is 9.59 Å². The van der Waals surface area contributed by atoms with Crippen LogP contribution in [-0.2, 0) is 6.42 Å². The summed E-state index contributed by atoms with van der Waals surface area (Å²) >= 11 is 0. The van der Waals surface area contributed by atoms with Crippen molar-refractivity contribution < 1.29 is 24.6 Å². The molecule has 0 fully saturated rings. The average molecular weight is 281 g/mol. The van der Waals surface area contributed by atoms with Crippen molar-refractivity contribution in [3.05, 3.63) is 35.4 Å². The molecular formula is C12H15N3O5. The van der Waals surface area contributed by atoms with Gasteiger partial charge >= 0.3 is 12.2 Å². The summed E-state index contributed by atoms with van der Waals surface area (Å²) in [6, 6.07) is 5.72. The van der Waals surface area contributed by atoms with Crippen LogP contribution in [0.4, 0.5) is 9.59 Å². The molecule has 1 unspecified atom stereocenters. The molecule has 3 amide bonds. The fourth-order valence-electron chi connectivity index (χ4n) is 1.65. The fraction of sp³-hybridized carbons (Fsp3) is 0.250. The van der Waals surface area contributed by atoms with Crippen LogP contribution in [-0.4, -0.2) is 40.9 Å². The molecule has 1 aromatic rings. The Hall–Kier alpha value is -2.77. The van der Waals surface area contributed by atoms with E-state index in [1.54, 1.807) is 12.1 Å². The molecule has 0 bridgehead atoms. The van der Waals surface area contributed by atoms with Crippen molar-refractivity contribution >= 4 is 18.1 Å². The van der Waals surface area contributed by atoms with Crippen LogP contribution in [0.1, 0.15) is 15.9 Å². The largest absolute Gasteiger partial charge is 0.465 e. The van der Waals surface area contributed by atoms with E-state index in [9.17, 15) is 14.4 Å². The second-order valence-electron chi connectivity index (χ2n) is 4.10. The van der Waals surface area contributed by atoms with Gasteiger partial charge in [0.15, 0.2) is 0 Å². The molecular weight excluding hydrogens is 266 g/mol. The summed E-state index contributed by atoms with van der Waals surface area (Å²) in [6.45, 7) is -0.0563. The van der Waals surface area contributed by atoms with E-state index < -0.39 is 24.1 Å². The molecule has 1 aromatic carbocycles. The molecule has 8 nitrogen and oxygen atoms in total. The highest BCUT2D eigenvalue weighted by Crippen LogP contribution is 2.06. The predicted molar refractivity (Wildman–Crippen MR) is 69.6 cm³/mol. The molecule has 1 rings (SSSR count). The molecule has 0 aliphatic heterocycles. The topological polar surface area (TPSA) is 142 Å². The van der Waals surface area contributed by atoms with E-state index in [-0.39, 0.29) is 13.0 Å². The van der Waals surface area contributed by atoms with Gasteiger partial charge in [-0.15, -0.1) is 0 Å². The van der Waals surface area contributed by atoms with Gasteiger partial charge in [-0.1, -0.05) is 12.1 Å². The first-order chi connectivity index (χ1) is 9.38. The van der Waals surface area contributed by atoms with Crippen molar-refractivity contribution in [1.82, 2.24) is 10.6 Å². The number of carbonyl (C=O) groups excluding carboxylic acids is 1. The van der Waals surface area contributed by atoms with Crippen LogP contribution in [0.3, 0.4) is 0 Å². The van der Waals surface area contributed by atoms with Crippen LogP contribution in [0.5, 0.6) is 0 Å². The summed E-state index contributed by atoms with van der Waals surface area (Å²) in [6.07, 6.45) is -2.19. The van der Waals surface area contributed by atoms with Gasteiger partial charge in [0.05, 0.1) is 6.04 Å². The second kappa shape index (κ2) is 6.98. The van der Waals surface area contributed by atoms with E-state index in [0.29, 0.717) is 5.56 Å². The molecule has 0 spiro atoms. The zero-order valence-corrected chi connectivity index (χ0v) is 10.5. The molecule has 0 aromatic heterocycles. The van der Waals surface area contributed by atoms with Gasteiger partial charge in [0, 0.05) is 12.1 Å². The van der Waals surface area contributed by atoms with Crippen molar-refractivity contribution in [2.24, 2.45) is 5.73 Å². The average Bonchev–Trinajstić information content (AvgIpc) is 2.36. The van der Waals surface area contributed by atoms with Crippen LogP contribution in [0.2, 0.25) is 0 Å². The fourth-order valence-corrected chi connectivity index (χ4v) is 1.65. The first-order valence-corrected chi connectivity index (χ1v) is 5.73. The number of amides is 3. The van der Waals surface area contributed by atoms with Crippen LogP contribution >= 0.6 is 0 Å². The Kier molecular flexibility index (Phi) is 5.33. The van der Waals surface area contributed by atoms with Crippen molar-refractivity contribution in [1.29, 1.82) is 0 Å². The lowest BCUT2D eigenvalue weighted by Gasteiger charge is -2.16. The van der Waals surface area contributed by atoms with Crippen molar-refractivity contribution in [3.63, 3.8) is 0 Å². The number of rotatable bonds is 6. The highest BCUT2D eigenvalue weighted by molar-refractivity contribution is 5.92. The summed E-state index contributed by atoms with van der Waals surface area (Å²) in [5.74, 6) is -0.552. The van der Waals surface area contributed by atoms with Crippen molar-refractivity contribution in [3.8, 4) is 0 Å². The molecule has 8 heteroatoms. The molecule has 0 saturated carbocycles. The van der Waals surface area contributed by atoms with Gasteiger partial charge in [-0.05, 0) is 24.1 Å². The Balaban J connectivity index is 2.69. The number of hydrogen-bond donors (Lipinski definition) is 5. The summed E-state index contributed by atoms with van der Waals surface area (Å²) < 4.78 is 0. The maximum Gasteiger partial charge on any atom is 0.404 e. The molecule has 0 heterocycles. The zero-order chi connectivity index (χ0) is 15.1. The quantitative estimate of drug-likeness (QED) is 0.507. The molecule has 0 saturated heterocycles. The van der Waals surface area contributed by atoms with Crippen molar-refractivity contribution in [2.45, 2.75) is 12.5 Å². The molecule has 1 atom stereocenters. The van der Waals surface area contributed by atoms with Crippen molar-refractivity contribution in [2.75, 3.05) is 6.54 Å². The number of benzene rings is 1. The third-order valence-electron chi connectivity index (χ3n) is 2.55. The highest BCUT2D eigenvalue weighted by Gasteiger charge is 2.13. The number of carbonyl (C=O) groups is 3. The van der Waals surface area contributed by atoms with Gasteiger partial charge in [-0.2, -0.15) is 0 Å². The highest BCUT2D eigenvalue weighted by atomic mass is 16.4. The Labute approximate surface area is 114 Å². The second-order valence-corrected chi connectivity index (χ2v) is 4.10. The number of nitrogens with two attached hydrogens (primary N) is 1. The third-order valence-corrected chi connectivity index (χ3v) is 2.55. The maximum atomic E-state index is 10.9. The lowest BCUT2D eigenvalue weighted by Crippen LogP contribution is -2.44. The lowest BCUT2D eigenvalue weighted by atomic mass is 10.0. The van der Waals surface area contributed by atoms with Gasteiger partial charge in [0.25, 0.3) is 0 Å². The van der Waals surface area contributed by atoms with E-state index in [1.807, 2.05) is 0 Å². The minimum Gasteiger partial charge on any atom is -0.465 e. The van der Waals surface area contributed by atoms with Gasteiger partial charge in [-0.3, -0.25) is 4.79 Å². The Morgan fingerprint density at radius 2 is 1.70 bits per heavy atom. The van der Waals surface area contributed by atoms with E-state index >= 15 is 0 Å². The standard InChI is InChI=1S/C12H15N3O5/c13-10(16)8-3-1-7(2-4-8)5-9(15-12(19)20)6-14-11(17)18/h1-4,9,14-15H,5-6H2,(H2,13,16)(H,17,18)(H,19,20). The molecule has 0 aliphatic carbocycles. The summed E-state index contributed by atoms with van der Waals surface area (Å²) in [7, 11) is 0. The minimum absolute atomic E-state index is 0.0563. The maximum absolute atomic E-state index is 10.9. The molecule has 20 heavy (non-hydrogen) atoms. The first kappa shape index (κ1) is 15.3. The predicted octanol–water partition coefficient (Wildman–Crippen LogP) is 0.232. The zero-order valence-electron chi connectivity index (χ0n) is 10.5. The van der Waals surface area contributed by atoms with Gasteiger partial charge in [0.1, 0.15) is 0 Å². The number of primary amides is 1. The van der Waals surface area contributed by atoms with E-state index in [4.69, 9.17) is 15.9 Å². The van der Waals surface area contributed by atoms with E-state index in [0.717, 1.165) is 5.56 Å². The third kappa shape index (κ3) is 5.25. The number of carboxylic acid groups (broad SMARTS) is 2. The van der Waals surface area contributed by atoms with Gasteiger partial charge in [0.2, 0.25) is 5.91 Å². The van der Waals surface area contributed by atoms with E-state index in [2.05, 4.69) is 10.6 Å². The van der Waals surface area contributed by atoms with Crippen LogP contribution in [0, 0.1) is 0 Å². The monoisotopic (exact) mass is 281 g/mol. The summed E-state index contributed by atoms with van der Waals surface area (Å²) in [5.41, 5.74) is 6.21. The van der Waals surface area contributed by atoms with Crippen LogP contribution < -0.4 is 16.4 Å². The SMILES string of the molecule is NC(=O)c1ccc(CC(CNC(=O)O)NC(=O)O)cc1. The Bertz CT molecular complexity index is 500. The Morgan fingerprint density at radius 3 is 2.15 bits per heavy atom. The summed E-state index contributed by atoms with van der Waals surface area (Å²) in [4.78, 5) is 32.0. The first-order valence-electron chi connectivity index (χ1n) is 5.73. The van der Waals surface area contributed by atoms with Crippen LogP contribution in [0.25, 0.3) is 0 Å².